The third-order valence-electron chi connectivity index (χ3n) is 8.22. The van der Waals surface area contributed by atoms with Gasteiger partial charge in [0.15, 0.2) is 11.5 Å². The first kappa shape index (κ1) is 30.5. The van der Waals surface area contributed by atoms with E-state index < -0.39 is 28.2 Å². The van der Waals surface area contributed by atoms with Crippen LogP contribution in [-0.2, 0) is 10.3 Å². The first-order chi connectivity index (χ1) is 20.6. The van der Waals surface area contributed by atoms with Crippen LogP contribution >= 0.6 is 0 Å². The largest absolute Gasteiger partial charge is 0.493 e. The molecule has 0 spiro atoms. The zero-order chi connectivity index (χ0) is 30.7. The highest BCUT2D eigenvalue weighted by Crippen LogP contribution is 2.40. The van der Waals surface area contributed by atoms with Crippen molar-refractivity contribution >= 4 is 27.8 Å². The van der Waals surface area contributed by atoms with Crippen molar-refractivity contribution in [3.63, 3.8) is 0 Å². The Balaban J connectivity index is 1.42. The predicted molar refractivity (Wildman–Crippen MR) is 162 cm³/mol. The van der Waals surface area contributed by atoms with Crippen LogP contribution in [0, 0.1) is 0 Å². The summed E-state index contributed by atoms with van der Waals surface area (Å²) in [5, 5.41) is 0. The topological polar surface area (TPSA) is 129 Å². The van der Waals surface area contributed by atoms with E-state index in [4.69, 9.17) is 9.47 Å². The van der Waals surface area contributed by atoms with Crippen LogP contribution in [-0.4, -0.2) is 81.5 Å². The van der Waals surface area contributed by atoms with E-state index in [1.165, 1.54) is 24.7 Å². The number of ether oxygens (including phenoxy) is 2. The number of rotatable bonds is 11. The molecule has 0 bridgehead atoms. The maximum absolute atomic E-state index is 14.1. The van der Waals surface area contributed by atoms with Crippen molar-refractivity contribution in [1.82, 2.24) is 14.5 Å². The van der Waals surface area contributed by atoms with E-state index in [1.807, 2.05) is 29.0 Å². The zero-order valence-corrected chi connectivity index (χ0v) is 25.2. The summed E-state index contributed by atoms with van der Waals surface area (Å²) in [6, 6.07) is 20.1. The minimum atomic E-state index is -4.47. The molecule has 3 aromatic carbocycles. The van der Waals surface area contributed by atoms with Gasteiger partial charge in [0.25, 0.3) is 11.8 Å². The highest BCUT2D eigenvalue weighted by molar-refractivity contribution is 7.83. The van der Waals surface area contributed by atoms with Crippen LogP contribution in [0.3, 0.4) is 0 Å². The smallest absolute Gasteiger partial charge is 0.333 e. The van der Waals surface area contributed by atoms with Gasteiger partial charge in [-0.2, -0.15) is 13.1 Å². The number of methoxy groups -OCH3 is 2. The number of nitrogens with zero attached hydrogens (tertiary/aromatic N) is 3. The summed E-state index contributed by atoms with van der Waals surface area (Å²) < 4.78 is 44.8. The van der Waals surface area contributed by atoms with Gasteiger partial charge in [-0.15, -0.1) is 0 Å². The molecule has 3 aromatic rings. The molecule has 2 aliphatic heterocycles. The van der Waals surface area contributed by atoms with Crippen molar-refractivity contribution in [2.24, 2.45) is 0 Å². The summed E-state index contributed by atoms with van der Waals surface area (Å²) in [5.74, 6) is -0.0637. The lowest BCUT2D eigenvalue weighted by Crippen LogP contribution is -2.47. The molecule has 12 heteroatoms. The fourth-order valence-corrected chi connectivity index (χ4v) is 6.33. The second-order valence-electron chi connectivity index (χ2n) is 10.6. The van der Waals surface area contributed by atoms with Crippen LogP contribution in [0.5, 0.6) is 11.5 Å². The van der Waals surface area contributed by atoms with Gasteiger partial charge in [-0.25, -0.2) is 0 Å². The highest BCUT2D eigenvalue weighted by atomic mass is 32.2. The number of hydrogen-bond acceptors (Lipinski definition) is 8. The van der Waals surface area contributed by atoms with Gasteiger partial charge in [0.1, 0.15) is 0 Å². The van der Waals surface area contributed by atoms with E-state index in [0.717, 1.165) is 13.1 Å². The van der Waals surface area contributed by atoms with E-state index in [1.54, 1.807) is 30.3 Å². The van der Waals surface area contributed by atoms with Crippen molar-refractivity contribution in [3.8, 4) is 11.5 Å². The van der Waals surface area contributed by atoms with Gasteiger partial charge in [-0.05, 0) is 48.7 Å². The molecule has 2 N–H and O–H groups in total. The summed E-state index contributed by atoms with van der Waals surface area (Å²) in [7, 11) is -1.50. The molecule has 11 nitrogen and oxygen atoms in total. The molecular weight excluding hydrogens is 572 g/mol. The normalized spacial score (nSPS) is 17.1. The molecule has 2 aliphatic rings. The first-order valence-corrected chi connectivity index (χ1v) is 15.6. The molecule has 0 aromatic heterocycles. The fraction of sp³-hybridized carbons (Fsp3) is 0.355. The van der Waals surface area contributed by atoms with Gasteiger partial charge in [-0.1, -0.05) is 42.5 Å². The fourth-order valence-electron chi connectivity index (χ4n) is 5.95. The number of hydrogen-bond donors (Lipinski definition) is 2. The average molecular weight is 609 g/mol. The Morgan fingerprint density at radius 1 is 0.860 bits per heavy atom. The molecule has 2 amide bonds. The number of imide groups is 1. The number of piperazine rings is 1. The molecule has 1 unspecified atom stereocenters. The van der Waals surface area contributed by atoms with Crippen LogP contribution in [0.1, 0.15) is 57.3 Å². The maximum Gasteiger partial charge on any atom is 0.333 e. The summed E-state index contributed by atoms with van der Waals surface area (Å²) >= 11 is 0. The summed E-state index contributed by atoms with van der Waals surface area (Å²) in [6.45, 7) is 4.94. The summed E-state index contributed by atoms with van der Waals surface area (Å²) in [6.07, 6.45) is 0.0200. The SMILES string of the molecule is COc1ccc([C@@H](CCNS(=O)(=O)O)N2C(=O)c3cccc(N4CCN(C(C)c5ccccc5)CC4)c3C2=O)cc1OC. The minimum Gasteiger partial charge on any atom is -0.493 e. The van der Waals surface area contributed by atoms with Gasteiger partial charge >= 0.3 is 10.3 Å². The second-order valence-corrected chi connectivity index (χ2v) is 11.8. The predicted octanol–water partition coefficient (Wildman–Crippen LogP) is 3.71. The Labute approximate surface area is 251 Å². The van der Waals surface area contributed by atoms with Crippen LogP contribution in [0.15, 0.2) is 66.7 Å². The van der Waals surface area contributed by atoms with E-state index in [-0.39, 0.29) is 19.0 Å². The molecule has 2 atom stereocenters. The van der Waals surface area contributed by atoms with Crippen LogP contribution in [0.25, 0.3) is 0 Å². The molecule has 43 heavy (non-hydrogen) atoms. The monoisotopic (exact) mass is 608 g/mol. The quantitative estimate of drug-likeness (QED) is 0.247. The summed E-state index contributed by atoms with van der Waals surface area (Å²) in [4.78, 5) is 33.7. The number of fused-ring (bicyclic) bond motifs is 1. The third kappa shape index (κ3) is 6.37. The van der Waals surface area contributed by atoms with Crippen LogP contribution < -0.4 is 19.1 Å². The highest BCUT2D eigenvalue weighted by Gasteiger charge is 2.43. The van der Waals surface area contributed by atoms with Crippen molar-refractivity contribution in [2.75, 3.05) is 51.8 Å². The van der Waals surface area contributed by atoms with E-state index >= 15 is 0 Å². The maximum atomic E-state index is 14.1. The first-order valence-electron chi connectivity index (χ1n) is 14.1. The molecule has 2 heterocycles. The van der Waals surface area contributed by atoms with Crippen molar-refractivity contribution in [3.05, 3.63) is 89.0 Å². The lowest BCUT2D eigenvalue weighted by Gasteiger charge is -2.39. The van der Waals surface area contributed by atoms with Gasteiger partial charge in [-0.3, -0.25) is 23.9 Å². The number of carbonyl (C=O) groups is 2. The van der Waals surface area contributed by atoms with Gasteiger partial charge < -0.3 is 14.4 Å². The second kappa shape index (κ2) is 12.7. The Hall–Kier alpha value is -3.97. The van der Waals surface area contributed by atoms with E-state index in [2.05, 4.69) is 28.9 Å². The number of amides is 2. The van der Waals surface area contributed by atoms with Gasteiger partial charge in [0, 0.05) is 38.8 Å². The zero-order valence-electron chi connectivity index (χ0n) is 24.4. The lowest BCUT2D eigenvalue weighted by molar-refractivity contribution is 0.0575. The molecular formula is C31H36N4O7S. The number of anilines is 1. The molecule has 0 saturated carbocycles. The van der Waals surface area contributed by atoms with Crippen molar-refractivity contribution in [2.45, 2.75) is 25.4 Å². The van der Waals surface area contributed by atoms with Crippen LogP contribution in [0.4, 0.5) is 5.69 Å². The number of benzene rings is 3. The Morgan fingerprint density at radius 2 is 1.56 bits per heavy atom. The third-order valence-corrected chi connectivity index (χ3v) is 8.78. The molecule has 5 rings (SSSR count). The standard InChI is InChI=1S/C31H36N4O7S/c1-21(22-8-5-4-6-9-22)33-16-18-34(19-17-33)26-11-7-10-24-29(26)31(37)35(30(24)36)25(14-15-32-43(38,39)40)23-12-13-27(41-2)28(20-23)42-3/h4-13,20-21,25,32H,14-19H2,1-3H3,(H,38,39,40)/t21?,25-/m1/s1. The molecule has 0 radical (unpaired) electrons. The van der Waals surface area contributed by atoms with Crippen molar-refractivity contribution in [1.29, 1.82) is 0 Å². The van der Waals surface area contributed by atoms with Gasteiger partial charge in [0.05, 0.1) is 37.1 Å². The summed E-state index contributed by atoms with van der Waals surface area (Å²) in [5.41, 5.74) is 3.14. The molecule has 1 saturated heterocycles. The Bertz CT molecular complexity index is 1590. The molecule has 228 valence electrons. The van der Waals surface area contributed by atoms with Crippen molar-refractivity contribution < 1.29 is 32.0 Å². The lowest BCUT2D eigenvalue weighted by atomic mass is 10.0. The molecule has 1 fully saturated rings. The Morgan fingerprint density at radius 3 is 2.21 bits per heavy atom. The number of nitrogens with one attached hydrogen (secondary N) is 1. The average Bonchev–Trinajstić information content (AvgIpc) is 3.27. The molecule has 0 aliphatic carbocycles. The van der Waals surface area contributed by atoms with Gasteiger partial charge in [0.2, 0.25) is 0 Å². The van der Waals surface area contributed by atoms with E-state index in [9.17, 15) is 22.6 Å². The minimum absolute atomic E-state index is 0.0200. The van der Waals surface area contributed by atoms with Crippen LogP contribution in [0.2, 0.25) is 0 Å². The van der Waals surface area contributed by atoms with E-state index in [0.29, 0.717) is 47.0 Å². The number of carbonyl (C=O) groups excluding carboxylic acids is 2. The Kier molecular flexibility index (Phi) is 9.02.